The molecule has 0 radical (unpaired) electrons. The molecular formula is C16H30N2O2. The molecule has 1 saturated carbocycles. The van der Waals surface area contributed by atoms with E-state index in [1.807, 2.05) is 4.90 Å². The number of hydrogen-bond donors (Lipinski definition) is 2. The van der Waals surface area contributed by atoms with Gasteiger partial charge in [-0.15, -0.1) is 0 Å². The van der Waals surface area contributed by atoms with Gasteiger partial charge >= 0.3 is 0 Å². The Balaban J connectivity index is 1.74. The van der Waals surface area contributed by atoms with Gasteiger partial charge in [0.2, 0.25) is 5.91 Å². The van der Waals surface area contributed by atoms with Crippen molar-refractivity contribution in [3.8, 4) is 0 Å². The first kappa shape index (κ1) is 15.8. The highest BCUT2D eigenvalue weighted by Gasteiger charge is 2.27. The average Bonchev–Trinajstić information content (AvgIpc) is 2.48. The number of amides is 1. The molecule has 3 N–H and O–H groups in total. The Labute approximate surface area is 122 Å². The highest BCUT2D eigenvalue weighted by molar-refractivity contribution is 5.76. The lowest BCUT2D eigenvalue weighted by atomic mass is 9.80. The predicted octanol–water partition coefficient (Wildman–Crippen LogP) is 1.76. The molecule has 1 amide bonds. The summed E-state index contributed by atoms with van der Waals surface area (Å²) in [6, 6.07) is 0. The van der Waals surface area contributed by atoms with Crippen LogP contribution in [0, 0.1) is 17.8 Å². The Morgan fingerprint density at radius 2 is 1.80 bits per heavy atom. The van der Waals surface area contributed by atoms with E-state index in [1.165, 1.54) is 25.7 Å². The third-order valence-corrected chi connectivity index (χ3v) is 5.17. The molecule has 0 aromatic rings. The number of aliphatic hydroxyl groups excluding tert-OH is 1. The summed E-state index contributed by atoms with van der Waals surface area (Å²) >= 11 is 0. The molecule has 4 nitrogen and oxygen atoms in total. The van der Waals surface area contributed by atoms with E-state index in [0.29, 0.717) is 23.7 Å². The molecule has 4 heteroatoms. The van der Waals surface area contributed by atoms with Crippen molar-refractivity contribution in [2.45, 2.75) is 51.4 Å². The summed E-state index contributed by atoms with van der Waals surface area (Å²) in [4.78, 5) is 14.4. The molecule has 0 bridgehead atoms. The molecule has 0 aromatic heterocycles. The summed E-state index contributed by atoms with van der Waals surface area (Å²) in [7, 11) is 0. The Morgan fingerprint density at radius 3 is 2.45 bits per heavy atom. The van der Waals surface area contributed by atoms with E-state index in [2.05, 4.69) is 0 Å². The second kappa shape index (κ2) is 7.99. The lowest BCUT2D eigenvalue weighted by Gasteiger charge is -2.34. The van der Waals surface area contributed by atoms with Crippen LogP contribution in [0.3, 0.4) is 0 Å². The molecule has 20 heavy (non-hydrogen) atoms. The third kappa shape index (κ3) is 4.45. The van der Waals surface area contributed by atoms with Crippen LogP contribution in [-0.4, -0.2) is 42.2 Å². The Hall–Kier alpha value is -0.610. The minimum absolute atomic E-state index is 0.246. The summed E-state index contributed by atoms with van der Waals surface area (Å²) in [6.07, 6.45) is 8.54. The number of piperidine rings is 1. The Kier molecular flexibility index (Phi) is 6.30. The number of rotatable bonds is 5. The predicted molar refractivity (Wildman–Crippen MR) is 80.1 cm³/mol. The first-order valence-corrected chi connectivity index (χ1v) is 8.31. The van der Waals surface area contributed by atoms with Gasteiger partial charge in [0, 0.05) is 26.1 Å². The van der Waals surface area contributed by atoms with Crippen LogP contribution in [-0.2, 0) is 4.79 Å². The summed E-state index contributed by atoms with van der Waals surface area (Å²) in [5.74, 6) is 2.10. The monoisotopic (exact) mass is 282 g/mol. The maximum atomic E-state index is 12.4. The van der Waals surface area contributed by atoms with E-state index in [-0.39, 0.29) is 6.61 Å². The standard InChI is InChI=1S/C16H30N2O2/c17-11-14-5-3-13(4-6-14)10-16(20)18-8-1-2-15(12-18)7-9-19/h13-15,19H,1-12,17H2. The van der Waals surface area contributed by atoms with Gasteiger partial charge in [0.15, 0.2) is 0 Å². The highest BCUT2D eigenvalue weighted by atomic mass is 16.3. The summed E-state index contributed by atoms with van der Waals surface area (Å²) in [5.41, 5.74) is 5.72. The van der Waals surface area contributed by atoms with E-state index in [4.69, 9.17) is 10.8 Å². The number of nitrogens with two attached hydrogens (primary N) is 1. The molecule has 1 aliphatic carbocycles. The smallest absolute Gasteiger partial charge is 0.222 e. The summed E-state index contributed by atoms with van der Waals surface area (Å²) in [6.45, 7) is 2.82. The van der Waals surface area contributed by atoms with E-state index in [0.717, 1.165) is 45.3 Å². The Bertz CT molecular complexity index is 299. The molecule has 1 unspecified atom stereocenters. The molecule has 1 heterocycles. The minimum atomic E-state index is 0.246. The molecule has 2 aliphatic rings. The summed E-state index contributed by atoms with van der Waals surface area (Å²) < 4.78 is 0. The minimum Gasteiger partial charge on any atom is -0.396 e. The van der Waals surface area contributed by atoms with Gasteiger partial charge in [-0.3, -0.25) is 4.79 Å². The van der Waals surface area contributed by atoms with Crippen molar-refractivity contribution in [2.75, 3.05) is 26.2 Å². The SMILES string of the molecule is NCC1CCC(CC(=O)N2CCCC(CCO)C2)CC1. The van der Waals surface area contributed by atoms with Gasteiger partial charge in [0.25, 0.3) is 0 Å². The van der Waals surface area contributed by atoms with Crippen LogP contribution in [0.25, 0.3) is 0 Å². The van der Waals surface area contributed by atoms with E-state index in [9.17, 15) is 4.79 Å². The maximum Gasteiger partial charge on any atom is 0.222 e. The van der Waals surface area contributed by atoms with Gasteiger partial charge < -0.3 is 15.7 Å². The molecule has 0 spiro atoms. The van der Waals surface area contributed by atoms with Crippen LogP contribution in [0.5, 0.6) is 0 Å². The summed E-state index contributed by atoms with van der Waals surface area (Å²) in [5, 5.41) is 9.04. The molecule has 116 valence electrons. The largest absolute Gasteiger partial charge is 0.396 e. The number of likely N-dealkylation sites (tertiary alicyclic amines) is 1. The molecular weight excluding hydrogens is 252 g/mol. The van der Waals surface area contributed by atoms with Gasteiger partial charge in [0.05, 0.1) is 0 Å². The first-order valence-electron chi connectivity index (χ1n) is 8.31. The number of nitrogens with zero attached hydrogens (tertiary/aromatic N) is 1. The molecule has 1 aliphatic heterocycles. The molecule has 0 aromatic carbocycles. The van der Waals surface area contributed by atoms with Crippen LogP contribution in [0.2, 0.25) is 0 Å². The normalized spacial score (nSPS) is 31.3. The van der Waals surface area contributed by atoms with Gasteiger partial charge in [-0.2, -0.15) is 0 Å². The zero-order chi connectivity index (χ0) is 14.4. The molecule has 2 rings (SSSR count). The van der Waals surface area contributed by atoms with Gasteiger partial charge in [0.1, 0.15) is 0 Å². The van der Waals surface area contributed by atoms with Gasteiger partial charge in [-0.05, 0) is 69.2 Å². The molecule has 2 fully saturated rings. The maximum absolute atomic E-state index is 12.4. The second-order valence-electron chi connectivity index (χ2n) is 6.69. The molecule has 1 saturated heterocycles. The average molecular weight is 282 g/mol. The van der Waals surface area contributed by atoms with E-state index >= 15 is 0 Å². The van der Waals surface area contributed by atoms with Crippen molar-refractivity contribution in [3.63, 3.8) is 0 Å². The van der Waals surface area contributed by atoms with Gasteiger partial charge in [-0.25, -0.2) is 0 Å². The quantitative estimate of drug-likeness (QED) is 0.807. The lowest BCUT2D eigenvalue weighted by molar-refractivity contribution is -0.134. The number of carbonyl (C=O) groups is 1. The zero-order valence-corrected chi connectivity index (χ0v) is 12.6. The van der Waals surface area contributed by atoms with Crippen LogP contribution in [0.4, 0.5) is 0 Å². The fourth-order valence-corrected chi connectivity index (χ4v) is 3.76. The number of carbonyl (C=O) groups excluding carboxylic acids is 1. The first-order chi connectivity index (χ1) is 9.72. The molecule has 1 atom stereocenters. The van der Waals surface area contributed by atoms with Crippen LogP contribution < -0.4 is 5.73 Å². The van der Waals surface area contributed by atoms with Crippen molar-refractivity contribution in [2.24, 2.45) is 23.5 Å². The van der Waals surface area contributed by atoms with Crippen molar-refractivity contribution in [3.05, 3.63) is 0 Å². The van der Waals surface area contributed by atoms with Crippen molar-refractivity contribution in [1.29, 1.82) is 0 Å². The van der Waals surface area contributed by atoms with Crippen molar-refractivity contribution in [1.82, 2.24) is 4.90 Å². The van der Waals surface area contributed by atoms with Crippen LogP contribution >= 0.6 is 0 Å². The highest BCUT2D eigenvalue weighted by Crippen LogP contribution is 2.31. The number of aliphatic hydroxyl groups is 1. The van der Waals surface area contributed by atoms with Gasteiger partial charge in [-0.1, -0.05) is 0 Å². The number of hydrogen-bond acceptors (Lipinski definition) is 3. The van der Waals surface area contributed by atoms with E-state index < -0.39 is 0 Å². The topological polar surface area (TPSA) is 66.6 Å². The fourth-order valence-electron chi connectivity index (χ4n) is 3.76. The van der Waals surface area contributed by atoms with E-state index in [1.54, 1.807) is 0 Å². The van der Waals surface area contributed by atoms with Crippen molar-refractivity contribution >= 4 is 5.91 Å². The van der Waals surface area contributed by atoms with Crippen LogP contribution in [0.1, 0.15) is 51.4 Å². The van der Waals surface area contributed by atoms with Crippen molar-refractivity contribution < 1.29 is 9.90 Å². The third-order valence-electron chi connectivity index (χ3n) is 5.17. The van der Waals surface area contributed by atoms with Crippen LogP contribution in [0.15, 0.2) is 0 Å². The Morgan fingerprint density at radius 1 is 1.10 bits per heavy atom. The fraction of sp³-hybridized carbons (Fsp3) is 0.938. The zero-order valence-electron chi connectivity index (χ0n) is 12.6. The lowest BCUT2D eigenvalue weighted by Crippen LogP contribution is -2.41. The second-order valence-corrected chi connectivity index (χ2v) is 6.69.